The summed E-state index contributed by atoms with van der Waals surface area (Å²) in [5.41, 5.74) is 11.4. The Labute approximate surface area is 203 Å². The van der Waals surface area contributed by atoms with E-state index in [9.17, 15) is 9.90 Å². The van der Waals surface area contributed by atoms with Gasteiger partial charge in [-0.25, -0.2) is 16.3 Å². The van der Waals surface area contributed by atoms with E-state index in [0.717, 1.165) is 16.9 Å². The molecular formula is C28H26N4O3. The average molecular weight is 467 g/mol. The summed E-state index contributed by atoms with van der Waals surface area (Å²) < 4.78 is 6.25. The topological polar surface area (TPSA) is 95.0 Å². The Morgan fingerprint density at radius 2 is 1.74 bits per heavy atom. The number of carbonyl (C=O) groups is 1. The molecule has 5 rings (SSSR count). The second-order valence-corrected chi connectivity index (χ2v) is 8.39. The number of phenols is 1. The van der Waals surface area contributed by atoms with Crippen LogP contribution in [0.15, 0.2) is 96.1 Å². The highest BCUT2D eigenvalue weighted by molar-refractivity contribution is 5.87. The lowest BCUT2D eigenvalue weighted by Gasteiger charge is -2.16. The van der Waals surface area contributed by atoms with Gasteiger partial charge in [0.05, 0.1) is 12.3 Å². The fourth-order valence-electron chi connectivity index (χ4n) is 4.25. The van der Waals surface area contributed by atoms with E-state index < -0.39 is 6.04 Å². The Bertz CT molecular complexity index is 1370. The maximum atomic E-state index is 12.6. The molecule has 4 aromatic rings. The van der Waals surface area contributed by atoms with Gasteiger partial charge < -0.3 is 9.84 Å². The normalized spacial score (nSPS) is 17.6. The van der Waals surface area contributed by atoms with Crippen molar-refractivity contribution >= 4 is 22.9 Å². The number of rotatable bonds is 7. The predicted octanol–water partition coefficient (Wildman–Crippen LogP) is 4.18. The van der Waals surface area contributed by atoms with Crippen LogP contribution in [0.2, 0.25) is 0 Å². The Kier molecular flexibility index (Phi) is 6.70. The summed E-state index contributed by atoms with van der Waals surface area (Å²) in [5.74, 6) is 0.616. The van der Waals surface area contributed by atoms with E-state index in [-0.39, 0.29) is 17.7 Å². The second kappa shape index (κ2) is 10.4. The average Bonchev–Trinajstić information content (AvgIpc) is 3.39. The van der Waals surface area contributed by atoms with Gasteiger partial charge >= 0.3 is 0 Å². The molecule has 0 aromatic heterocycles. The molecule has 7 nitrogen and oxygen atoms in total. The smallest absolute Gasteiger partial charge is 0.258 e. The SMILES string of the molecule is O=C(N/N=C/c1ccccc1O)C1CC(c2ccccc2OCc2cccc3ccccc23)NN1. The van der Waals surface area contributed by atoms with Gasteiger partial charge in [0.25, 0.3) is 5.91 Å². The van der Waals surface area contributed by atoms with Crippen LogP contribution in [0.3, 0.4) is 0 Å². The number of hydrogen-bond donors (Lipinski definition) is 4. The summed E-state index contributed by atoms with van der Waals surface area (Å²) in [6.07, 6.45) is 1.95. The van der Waals surface area contributed by atoms with Crippen molar-refractivity contribution in [2.24, 2.45) is 5.10 Å². The van der Waals surface area contributed by atoms with Gasteiger partial charge in [0.15, 0.2) is 0 Å². The highest BCUT2D eigenvalue weighted by Gasteiger charge is 2.31. The fraction of sp³-hybridized carbons (Fsp3) is 0.143. The maximum Gasteiger partial charge on any atom is 0.258 e. The number of aromatic hydroxyl groups is 1. The molecule has 0 radical (unpaired) electrons. The van der Waals surface area contributed by atoms with Crippen LogP contribution in [0.1, 0.15) is 29.2 Å². The van der Waals surface area contributed by atoms with E-state index >= 15 is 0 Å². The molecule has 1 aliphatic heterocycles. The summed E-state index contributed by atoms with van der Waals surface area (Å²) in [4.78, 5) is 12.6. The molecule has 2 unspecified atom stereocenters. The summed E-state index contributed by atoms with van der Waals surface area (Å²) >= 11 is 0. The molecular weight excluding hydrogens is 440 g/mol. The van der Waals surface area contributed by atoms with Crippen molar-refractivity contribution < 1.29 is 14.6 Å². The van der Waals surface area contributed by atoms with Gasteiger partial charge in [-0.05, 0) is 41.0 Å². The molecule has 2 atom stereocenters. The number of benzene rings is 4. The van der Waals surface area contributed by atoms with Gasteiger partial charge in [0.2, 0.25) is 0 Å². The highest BCUT2D eigenvalue weighted by atomic mass is 16.5. The van der Waals surface area contributed by atoms with Crippen LogP contribution in [0.25, 0.3) is 10.8 Å². The van der Waals surface area contributed by atoms with Crippen molar-refractivity contribution in [3.8, 4) is 11.5 Å². The van der Waals surface area contributed by atoms with Crippen molar-refractivity contribution in [2.45, 2.75) is 25.1 Å². The number of nitrogens with zero attached hydrogens (tertiary/aromatic N) is 1. The molecule has 1 saturated heterocycles. The minimum Gasteiger partial charge on any atom is -0.507 e. The number of ether oxygens (including phenoxy) is 1. The summed E-state index contributed by atoms with van der Waals surface area (Å²) in [7, 11) is 0. The number of fused-ring (bicyclic) bond motifs is 1. The fourth-order valence-corrected chi connectivity index (χ4v) is 4.25. The Hall–Kier alpha value is -4.20. The predicted molar refractivity (Wildman–Crippen MR) is 136 cm³/mol. The summed E-state index contributed by atoms with van der Waals surface area (Å²) in [5, 5.41) is 16.1. The third-order valence-electron chi connectivity index (χ3n) is 6.09. The zero-order valence-corrected chi connectivity index (χ0v) is 19.0. The van der Waals surface area contributed by atoms with Crippen LogP contribution in [0.4, 0.5) is 0 Å². The largest absolute Gasteiger partial charge is 0.507 e. The first-order valence-corrected chi connectivity index (χ1v) is 11.5. The maximum absolute atomic E-state index is 12.6. The first kappa shape index (κ1) is 22.6. The van der Waals surface area contributed by atoms with Gasteiger partial charge in [-0.2, -0.15) is 5.10 Å². The third kappa shape index (κ3) is 5.16. The standard InChI is InChI=1S/C28H26N4O3/c33-26-14-5-2-9-20(26)17-29-32-28(34)25-16-24(30-31-25)23-13-4-6-15-27(23)35-18-21-11-7-10-19-8-1-3-12-22(19)21/h1-15,17,24-25,30-31,33H,16,18H2,(H,32,34)/b29-17+. The summed E-state index contributed by atoms with van der Waals surface area (Å²) in [6.45, 7) is 0.448. The van der Waals surface area contributed by atoms with E-state index in [0.29, 0.717) is 18.6 Å². The molecule has 1 heterocycles. The number of hydrogen-bond acceptors (Lipinski definition) is 6. The Morgan fingerprint density at radius 1 is 0.971 bits per heavy atom. The number of amides is 1. The van der Waals surface area contributed by atoms with Gasteiger partial charge in [0, 0.05) is 11.1 Å². The number of carbonyl (C=O) groups excluding carboxylic acids is 1. The molecule has 4 N–H and O–H groups in total. The number of hydrazine groups is 1. The quantitative estimate of drug-likeness (QED) is 0.242. The molecule has 1 amide bonds. The van der Waals surface area contributed by atoms with E-state index in [1.807, 2.05) is 42.5 Å². The molecule has 4 aromatic carbocycles. The first-order valence-electron chi connectivity index (χ1n) is 11.5. The van der Waals surface area contributed by atoms with Crippen molar-refractivity contribution in [3.63, 3.8) is 0 Å². The lowest BCUT2D eigenvalue weighted by atomic mass is 10.0. The molecule has 0 bridgehead atoms. The zero-order chi connectivity index (χ0) is 24.0. The van der Waals surface area contributed by atoms with Crippen molar-refractivity contribution in [1.82, 2.24) is 16.3 Å². The van der Waals surface area contributed by atoms with Crippen LogP contribution in [0, 0.1) is 0 Å². The molecule has 7 heteroatoms. The van der Waals surface area contributed by atoms with Crippen LogP contribution in [0.5, 0.6) is 11.5 Å². The van der Waals surface area contributed by atoms with Gasteiger partial charge in [-0.1, -0.05) is 72.8 Å². The monoisotopic (exact) mass is 466 g/mol. The van der Waals surface area contributed by atoms with Gasteiger partial charge in [-0.15, -0.1) is 0 Å². The van der Waals surface area contributed by atoms with E-state index in [1.165, 1.54) is 17.0 Å². The third-order valence-corrected chi connectivity index (χ3v) is 6.09. The van der Waals surface area contributed by atoms with E-state index in [1.54, 1.807) is 24.3 Å². The van der Waals surface area contributed by atoms with Gasteiger partial charge in [0.1, 0.15) is 24.1 Å². The lowest BCUT2D eigenvalue weighted by molar-refractivity contribution is -0.122. The number of para-hydroxylation sites is 2. The Balaban J connectivity index is 1.23. The van der Waals surface area contributed by atoms with Crippen LogP contribution in [-0.2, 0) is 11.4 Å². The van der Waals surface area contributed by atoms with E-state index in [2.05, 4.69) is 45.6 Å². The molecule has 0 spiro atoms. The number of hydrazone groups is 1. The number of phenolic OH excluding ortho intramolecular Hbond substituents is 1. The molecule has 176 valence electrons. The van der Waals surface area contributed by atoms with Crippen molar-refractivity contribution in [2.75, 3.05) is 0 Å². The van der Waals surface area contributed by atoms with Crippen LogP contribution < -0.4 is 21.0 Å². The summed E-state index contributed by atoms with van der Waals surface area (Å²) in [6, 6.07) is 28.6. The van der Waals surface area contributed by atoms with Gasteiger partial charge in [-0.3, -0.25) is 4.79 Å². The highest BCUT2D eigenvalue weighted by Crippen LogP contribution is 2.31. The van der Waals surface area contributed by atoms with Crippen molar-refractivity contribution in [3.05, 3.63) is 108 Å². The zero-order valence-electron chi connectivity index (χ0n) is 19.0. The van der Waals surface area contributed by atoms with Crippen molar-refractivity contribution in [1.29, 1.82) is 0 Å². The minimum atomic E-state index is -0.465. The lowest BCUT2D eigenvalue weighted by Crippen LogP contribution is -2.41. The molecule has 1 fully saturated rings. The first-order chi connectivity index (χ1) is 17.2. The molecule has 35 heavy (non-hydrogen) atoms. The van der Waals surface area contributed by atoms with E-state index in [4.69, 9.17) is 4.74 Å². The number of nitrogens with one attached hydrogen (secondary N) is 3. The van der Waals surface area contributed by atoms with Crippen LogP contribution in [-0.4, -0.2) is 23.3 Å². The molecule has 0 saturated carbocycles. The van der Waals surface area contributed by atoms with Crippen LogP contribution >= 0.6 is 0 Å². The Morgan fingerprint density at radius 3 is 2.66 bits per heavy atom. The second-order valence-electron chi connectivity index (χ2n) is 8.39. The molecule has 1 aliphatic rings. The molecule has 0 aliphatic carbocycles. The minimum absolute atomic E-state index is 0.100.